The summed E-state index contributed by atoms with van der Waals surface area (Å²) < 4.78 is 9.68. The fraction of sp³-hybridized carbons (Fsp3) is 0.438. The lowest BCUT2D eigenvalue weighted by Gasteiger charge is -2.23. The van der Waals surface area contributed by atoms with Gasteiger partial charge in [0.25, 0.3) is 5.91 Å². The van der Waals surface area contributed by atoms with E-state index in [9.17, 15) is 19.2 Å². The number of nitrogens with zero attached hydrogens (tertiary/aromatic N) is 1. The van der Waals surface area contributed by atoms with Crippen molar-refractivity contribution in [2.24, 2.45) is 11.7 Å². The second-order valence-corrected chi connectivity index (χ2v) is 4.96. The zero-order valence-corrected chi connectivity index (χ0v) is 14.1. The fourth-order valence-electron chi connectivity index (χ4n) is 2.08. The monoisotopic (exact) mass is 351 g/mol. The van der Waals surface area contributed by atoms with Gasteiger partial charge in [0, 0.05) is 12.4 Å². The second-order valence-electron chi connectivity index (χ2n) is 4.96. The molecule has 1 heterocycles. The van der Waals surface area contributed by atoms with E-state index in [4.69, 9.17) is 15.2 Å². The number of nitrogens with one attached hydrogen (secondary N) is 1. The van der Waals surface area contributed by atoms with Gasteiger partial charge in [0.1, 0.15) is 6.04 Å². The molecule has 0 saturated carbocycles. The average Bonchev–Trinajstić information content (AvgIpc) is 2.58. The smallest absolute Gasteiger partial charge is 0.312 e. The molecule has 0 bridgehead atoms. The van der Waals surface area contributed by atoms with Crippen molar-refractivity contribution in [2.75, 3.05) is 13.2 Å². The van der Waals surface area contributed by atoms with Gasteiger partial charge in [-0.2, -0.15) is 0 Å². The number of nitrogens with two attached hydrogens (primary N) is 1. The third-order valence-corrected chi connectivity index (χ3v) is 3.20. The number of carbonyl (C=O) groups excluding carboxylic acids is 4. The number of amides is 2. The van der Waals surface area contributed by atoms with Gasteiger partial charge in [-0.25, -0.2) is 0 Å². The largest absolute Gasteiger partial charge is 0.466 e. The maximum absolute atomic E-state index is 12.2. The van der Waals surface area contributed by atoms with Crippen molar-refractivity contribution in [3.63, 3.8) is 0 Å². The molecule has 0 aromatic carbocycles. The zero-order valence-electron chi connectivity index (χ0n) is 14.1. The van der Waals surface area contributed by atoms with Crippen LogP contribution < -0.4 is 11.1 Å². The zero-order chi connectivity index (χ0) is 18.8. The predicted molar refractivity (Wildman–Crippen MR) is 86.1 cm³/mol. The Morgan fingerprint density at radius 3 is 2.40 bits per heavy atom. The van der Waals surface area contributed by atoms with E-state index in [0.717, 1.165) is 0 Å². The molecule has 0 spiro atoms. The van der Waals surface area contributed by atoms with E-state index in [0.29, 0.717) is 0 Å². The fourth-order valence-corrected chi connectivity index (χ4v) is 2.08. The Kier molecular flexibility index (Phi) is 8.04. The number of aromatic nitrogens is 1. The molecular weight excluding hydrogens is 330 g/mol. The summed E-state index contributed by atoms with van der Waals surface area (Å²) in [6.07, 6.45) is 2.32. The summed E-state index contributed by atoms with van der Waals surface area (Å²) >= 11 is 0. The van der Waals surface area contributed by atoms with E-state index in [1.165, 1.54) is 24.5 Å². The lowest BCUT2D eigenvalue weighted by atomic mass is 9.95. The first-order valence-corrected chi connectivity index (χ1v) is 7.73. The standard InChI is InChI=1S/C16H21N3O6/c1-3-24-12(20)8-11(16(23)25-4-2)13(14(17)21)19-15(22)10-6-5-7-18-9-10/h5-7,9,11,13H,3-4,8H2,1-2H3,(H2,17,21)(H,19,22)/t11-,13+/m0/s1. The minimum Gasteiger partial charge on any atom is -0.466 e. The van der Waals surface area contributed by atoms with Crippen molar-refractivity contribution in [3.8, 4) is 0 Å². The highest BCUT2D eigenvalue weighted by Crippen LogP contribution is 2.14. The molecule has 0 saturated heterocycles. The van der Waals surface area contributed by atoms with Gasteiger partial charge in [-0.15, -0.1) is 0 Å². The molecule has 0 fully saturated rings. The Hall–Kier alpha value is -2.97. The highest BCUT2D eigenvalue weighted by molar-refractivity contribution is 5.99. The minimum absolute atomic E-state index is 0.0419. The van der Waals surface area contributed by atoms with E-state index in [1.54, 1.807) is 13.8 Å². The van der Waals surface area contributed by atoms with Crippen molar-refractivity contribution in [2.45, 2.75) is 26.3 Å². The first-order chi connectivity index (χ1) is 11.9. The van der Waals surface area contributed by atoms with Crippen LogP contribution in [0.2, 0.25) is 0 Å². The quantitative estimate of drug-likeness (QED) is 0.587. The Morgan fingerprint density at radius 2 is 1.88 bits per heavy atom. The third kappa shape index (κ3) is 6.21. The van der Waals surface area contributed by atoms with Gasteiger partial charge in [0.15, 0.2) is 0 Å². The maximum atomic E-state index is 12.2. The normalized spacial score (nSPS) is 12.6. The number of esters is 2. The number of hydrogen-bond acceptors (Lipinski definition) is 7. The summed E-state index contributed by atoms with van der Waals surface area (Å²) in [5.74, 6) is -4.46. The van der Waals surface area contributed by atoms with Crippen LogP contribution >= 0.6 is 0 Å². The van der Waals surface area contributed by atoms with Crippen molar-refractivity contribution in [1.82, 2.24) is 10.3 Å². The van der Waals surface area contributed by atoms with E-state index >= 15 is 0 Å². The number of hydrogen-bond donors (Lipinski definition) is 2. The lowest BCUT2D eigenvalue weighted by Crippen LogP contribution is -2.52. The number of ether oxygens (including phenoxy) is 2. The number of carbonyl (C=O) groups is 4. The van der Waals surface area contributed by atoms with E-state index in [-0.39, 0.29) is 18.8 Å². The van der Waals surface area contributed by atoms with Crippen molar-refractivity contribution in [1.29, 1.82) is 0 Å². The van der Waals surface area contributed by atoms with Gasteiger partial charge in [-0.1, -0.05) is 0 Å². The molecule has 0 radical (unpaired) electrons. The van der Waals surface area contributed by atoms with E-state index in [2.05, 4.69) is 10.3 Å². The Morgan fingerprint density at radius 1 is 1.20 bits per heavy atom. The maximum Gasteiger partial charge on any atom is 0.312 e. The molecule has 136 valence electrons. The third-order valence-electron chi connectivity index (χ3n) is 3.20. The molecule has 2 amide bonds. The van der Waals surface area contributed by atoms with Crippen molar-refractivity contribution in [3.05, 3.63) is 30.1 Å². The molecule has 0 aliphatic carbocycles. The van der Waals surface area contributed by atoms with Crippen LogP contribution in [0.1, 0.15) is 30.6 Å². The molecule has 0 aliphatic heterocycles. The minimum atomic E-state index is -1.43. The SMILES string of the molecule is CCOC(=O)C[C@H](C(=O)OCC)[C@@H](NC(=O)c1cccnc1)C(N)=O. The molecule has 9 heteroatoms. The van der Waals surface area contributed by atoms with Crippen LogP contribution in [0, 0.1) is 5.92 Å². The van der Waals surface area contributed by atoms with Crippen molar-refractivity contribution >= 4 is 23.8 Å². The van der Waals surface area contributed by atoms with Crippen LogP contribution in [0.5, 0.6) is 0 Å². The van der Waals surface area contributed by atoms with Gasteiger partial charge in [0.05, 0.1) is 31.1 Å². The summed E-state index contributed by atoms with van der Waals surface area (Å²) in [4.78, 5) is 51.7. The molecule has 0 unspecified atom stereocenters. The van der Waals surface area contributed by atoms with Gasteiger partial charge >= 0.3 is 11.9 Å². The predicted octanol–water partition coefficient (Wildman–Crippen LogP) is -0.202. The molecule has 1 aromatic heterocycles. The Balaban J connectivity index is 3.01. The molecule has 25 heavy (non-hydrogen) atoms. The van der Waals surface area contributed by atoms with Crippen LogP contribution in [-0.2, 0) is 23.9 Å². The summed E-state index contributed by atoms with van der Waals surface area (Å²) in [7, 11) is 0. The van der Waals surface area contributed by atoms with Crippen LogP contribution in [0.4, 0.5) is 0 Å². The Labute approximate surface area is 144 Å². The first-order valence-electron chi connectivity index (χ1n) is 7.73. The average molecular weight is 351 g/mol. The summed E-state index contributed by atoms with van der Waals surface area (Å²) in [6, 6.07) is 1.58. The summed E-state index contributed by atoms with van der Waals surface area (Å²) in [6.45, 7) is 3.33. The van der Waals surface area contributed by atoms with E-state index < -0.39 is 42.1 Å². The molecular formula is C16H21N3O6. The first kappa shape index (κ1) is 20.1. The van der Waals surface area contributed by atoms with Crippen LogP contribution in [0.3, 0.4) is 0 Å². The van der Waals surface area contributed by atoms with Crippen LogP contribution in [-0.4, -0.2) is 48.0 Å². The molecule has 1 rings (SSSR count). The summed E-state index contributed by atoms with van der Waals surface area (Å²) in [5.41, 5.74) is 5.49. The van der Waals surface area contributed by atoms with Gasteiger partial charge < -0.3 is 20.5 Å². The van der Waals surface area contributed by atoms with Gasteiger partial charge in [0.2, 0.25) is 5.91 Å². The van der Waals surface area contributed by atoms with Crippen LogP contribution in [0.25, 0.3) is 0 Å². The number of primary amides is 1. The molecule has 0 aliphatic rings. The highest BCUT2D eigenvalue weighted by Gasteiger charge is 2.37. The van der Waals surface area contributed by atoms with E-state index in [1.807, 2.05) is 0 Å². The molecule has 2 atom stereocenters. The van der Waals surface area contributed by atoms with Crippen LogP contribution in [0.15, 0.2) is 24.5 Å². The molecule has 1 aromatic rings. The Bertz CT molecular complexity index is 620. The molecule has 9 nitrogen and oxygen atoms in total. The van der Waals surface area contributed by atoms with Gasteiger partial charge in [-0.05, 0) is 26.0 Å². The number of pyridine rings is 1. The highest BCUT2D eigenvalue weighted by atomic mass is 16.5. The van der Waals surface area contributed by atoms with Crippen molar-refractivity contribution < 1.29 is 28.7 Å². The second kappa shape index (κ2) is 10.0. The van der Waals surface area contributed by atoms with Gasteiger partial charge in [-0.3, -0.25) is 24.2 Å². The summed E-state index contributed by atoms with van der Waals surface area (Å²) in [5, 5.41) is 2.36. The lowest BCUT2D eigenvalue weighted by molar-refractivity contribution is -0.156. The topological polar surface area (TPSA) is 138 Å². The molecule has 3 N–H and O–H groups in total. The number of rotatable bonds is 9.